The van der Waals surface area contributed by atoms with E-state index in [1.807, 2.05) is 31.2 Å². The van der Waals surface area contributed by atoms with Crippen LogP contribution in [0.1, 0.15) is 38.3 Å². The Labute approximate surface area is 144 Å². The average Bonchev–Trinajstić information content (AvgIpc) is 2.46. The molecule has 2 N–H and O–H groups in total. The van der Waals surface area contributed by atoms with Crippen LogP contribution in [-0.4, -0.2) is 40.9 Å². The molecule has 0 spiro atoms. The van der Waals surface area contributed by atoms with Crippen LogP contribution in [0.3, 0.4) is 0 Å². The van der Waals surface area contributed by atoms with E-state index in [4.69, 9.17) is 5.11 Å². The highest BCUT2D eigenvalue weighted by atomic mass is 79.9. The van der Waals surface area contributed by atoms with Crippen LogP contribution in [0.4, 0.5) is 0 Å². The van der Waals surface area contributed by atoms with E-state index < -0.39 is 12.0 Å². The monoisotopic (exact) mass is 384 g/mol. The molecule has 1 aromatic carbocycles. The molecule has 0 aliphatic carbocycles. The van der Waals surface area contributed by atoms with Gasteiger partial charge in [0.05, 0.1) is 12.5 Å². The summed E-state index contributed by atoms with van der Waals surface area (Å²) in [6.07, 6.45) is 0.691. The van der Waals surface area contributed by atoms with Crippen LogP contribution in [0.15, 0.2) is 28.7 Å². The number of carbonyl (C=O) groups is 3. The van der Waals surface area contributed by atoms with E-state index in [1.165, 1.54) is 11.8 Å². The van der Waals surface area contributed by atoms with Crippen molar-refractivity contribution in [2.75, 3.05) is 13.1 Å². The number of carboxylic acids is 1. The molecule has 0 radical (unpaired) electrons. The van der Waals surface area contributed by atoms with Gasteiger partial charge in [0.15, 0.2) is 0 Å². The minimum Gasteiger partial charge on any atom is -0.480 e. The molecule has 7 heteroatoms. The standard InChI is InChI=1S/C16H21BrN2O4/c1-3-8-19(10-16(22)23)15(21)9-14(18-11(2)20)12-4-6-13(17)7-5-12/h4-7,14H,3,8-10H2,1-2H3,(H,18,20)(H,22,23). The number of nitrogens with zero attached hydrogens (tertiary/aromatic N) is 1. The van der Waals surface area contributed by atoms with Gasteiger partial charge < -0.3 is 15.3 Å². The zero-order chi connectivity index (χ0) is 17.4. The molecule has 0 fully saturated rings. The first-order valence-electron chi connectivity index (χ1n) is 7.35. The summed E-state index contributed by atoms with van der Waals surface area (Å²) in [5.41, 5.74) is 0.795. The summed E-state index contributed by atoms with van der Waals surface area (Å²) in [5, 5.41) is 11.7. The van der Waals surface area contributed by atoms with Gasteiger partial charge in [0.1, 0.15) is 6.54 Å². The van der Waals surface area contributed by atoms with E-state index in [0.29, 0.717) is 13.0 Å². The summed E-state index contributed by atoms with van der Waals surface area (Å²) in [6.45, 7) is 3.30. The topological polar surface area (TPSA) is 86.7 Å². The van der Waals surface area contributed by atoms with Crippen LogP contribution in [0.25, 0.3) is 0 Å². The Kier molecular flexibility index (Phi) is 7.74. The lowest BCUT2D eigenvalue weighted by atomic mass is 10.0. The highest BCUT2D eigenvalue weighted by molar-refractivity contribution is 9.10. The Morgan fingerprint density at radius 2 is 1.87 bits per heavy atom. The average molecular weight is 385 g/mol. The Balaban J connectivity index is 2.90. The maximum absolute atomic E-state index is 12.4. The van der Waals surface area contributed by atoms with Gasteiger partial charge in [-0.15, -0.1) is 0 Å². The van der Waals surface area contributed by atoms with E-state index in [2.05, 4.69) is 21.2 Å². The third kappa shape index (κ3) is 6.81. The van der Waals surface area contributed by atoms with Crippen molar-refractivity contribution < 1.29 is 19.5 Å². The highest BCUT2D eigenvalue weighted by Crippen LogP contribution is 2.21. The second kappa shape index (κ2) is 9.29. The number of carboxylic acid groups (broad SMARTS) is 1. The van der Waals surface area contributed by atoms with Crippen LogP contribution >= 0.6 is 15.9 Å². The smallest absolute Gasteiger partial charge is 0.323 e. The van der Waals surface area contributed by atoms with Crippen molar-refractivity contribution in [3.8, 4) is 0 Å². The SMILES string of the molecule is CCCN(CC(=O)O)C(=O)CC(NC(C)=O)c1ccc(Br)cc1. The molecule has 2 amide bonds. The molecule has 0 aliphatic heterocycles. The number of carbonyl (C=O) groups excluding carboxylic acids is 2. The molecule has 0 bridgehead atoms. The lowest BCUT2D eigenvalue weighted by molar-refractivity contribution is -0.144. The maximum Gasteiger partial charge on any atom is 0.323 e. The van der Waals surface area contributed by atoms with E-state index in [-0.39, 0.29) is 24.8 Å². The van der Waals surface area contributed by atoms with Crippen molar-refractivity contribution in [1.82, 2.24) is 10.2 Å². The lowest BCUT2D eigenvalue weighted by Gasteiger charge is -2.24. The molecule has 1 unspecified atom stereocenters. The quantitative estimate of drug-likeness (QED) is 0.719. The largest absolute Gasteiger partial charge is 0.480 e. The van der Waals surface area contributed by atoms with Crippen molar-refractivity contribution >= 4 is 33.7 Å². The fourth-order valence-corrected chi connectivity index (χ4v) is 2.49. The normalized spacial score (nSPS) is 11.6. The summed E-state index contributed by atoms with van der Waals surface area (Å²) in [7, 11) is 0. The summed E-state index contributed by atoms with van der Waals surface area (Å²) in [6, 6.07) is 6.81. The van der Waals surface area contributed by atoms with E-state index in [1.54, 1.807) is 0 Å². The summed E-state index contributed by atoms with van der Waals surface area (Å²) < 4.78 is 0.896. The van der Waals surface area contributed by atoms with Crippen LogP contribution in [0, 0.1) is 0 Å². The van der Waals surface area contributed by atoms with Gasteiger partial charge >= 0.3 is 5.97 Å². The van der Waals surface area contributed by atoms with E-state index in [0.717, 1.165) is 10.0 Å². The summed E-state index contributed by atoms with van der Waals surface area (Å²) in [5.74, 6) is -1.59. The van der Waals surface area contributed by atoms with Crippen LogP contribution in [0.2, 0.25) is 0 Å². The predicted molar refractivity (Wildman–Crippen MR) is 89.8 cm³/mol. The second-order valence-corrected chi connectivity index (χ2v) is 6.13. The van der Waals surface area contributed by atoms with Gasteiger partial charge in [0.25, 0.3) is 0 Å². The number of nitrogens with one attached hydrogen (secondary N) is 1. The van der Waals surface area contributed by atoms with Gasteiger partial charge in [-0.25, -0.2) is 0 Å². The van der Waals surface area contributed by atoms with E-state index >= 15 is 0 Å². The van der Waals surface area contributed by atoms with Crippen molar-refractivity contribution in [2.24, 2.45) is 0 Å². The number of amides is 2. The third-order valence-electron chi connectivity index (χ3n) is 3.20. The molecule has 1 atom stereocenters. The minimum absolute atomic E-state index is 0.0223. The van der Waals surface area contributed by atoms with Gasteiger partial charge in [0, 0.05) is 17.9 Å². The summed E-state index contributed by atoms with van der Waals surface area (Å²) in [4.78, 5) is 36.0. The number of benzene rings is 1. The molecule has 0 saturated carbocycles. The molecule has 1 aromatic rings. The fraction of sp³-hybridized carbons (Fsp3) is 0.438. The van der Waals surface area contributed by atoms with Crippen molar-refractivity contribution in [3.05, 3.63) is 34.3 Å². The first kappa shape index (κ1) is 19.2. The number of hydrogen-bond acceptors (Lipinski definition) is 3. The molecular formula is C16H21BrN2O4. The third-order valence-corrected chi connectivity index (χ3v) is 3.73. The lowest BCUT2D eigenvalue weighted by Crippen LogP contribution is -2.39. The number of hydrogen-bond donors (Lipinski definition) is 2. The molecule has 0 aliphatic rings. The van der Waals surface area contributed by atoms with Gasteiger partial charge in [0.2, 0.25) is 11.8 Å². The highest BCUT2D eigenvalue weighted by Gasteiger charge is 2.22. The Bertz CT molecular complexity index is 560. The first-order valence-corrected chi connectivity index (χ1v) is 8.15. The molecule has 0 saturated heterocycles. The maximum atomic E-state index is 12.4. The van der Waals surface area contributed by atoms with Crippen molar-refractivity contribution in [2.45, 2.75) is 32.7 Å². The van der Waals surface area contributed by atoms with Gasteiger partial charge in [-0.2, -0.15) is 0 Å². The van der Waals surface area contributed by atoms with Gasteiger partial charge in [-0.3, -0.25) is 14.4 Å². The van der Waals surface area contributed by atoms with Gasteiger partial charge in [-0.05, 0) is 24.1 Å². The molecule has 0 aromatic heterocycles. The minimum atomic E-state index is -1.05. The van der Waals surface area contributed by atoms with E-state index in [9.17, 15) is 14.4 Å². The first-order chi connectivity index (χ1) is 10.8. The molecule has 23 heavy (non-hydrogen) atoms. The summed E-state index contributed by atoms with van der Waals surface area (Å²) >= 11 is 3.34. The Morgan fingerprint density at radius 3 is 2.35 bits per heavy atom. The van der Waals surface area contributed by atoms with Crippen LogP contribution in [0.5, 0.6) is 0 Å². The zero-order valence-electron chi connectivity index (χ0n) is 13.2. The fourth-order valence-electron chi connectivity index (χ4n) is 2.22. The van der Waals surface area contributed by atoms with Crippen LogP contribution in [-0.2, 0) is 14.4 Å². The Hall–Kier alpha value is -1.89. The number of halogens is 1. The number of rotatable bonds is 8. The van der Waals surface area contributed by atoms with Gasteiger partial charge in [-0.1, -0.05) is 35.0 Å². The second-order valence-electron chi connectivity index (χ2n) is 5.22. The molecular weight excluding hydrogens is 364 g/mol. The molecule has 6 nitrogen and oxygen atoms in total. The Morgan fingerprint density at radius 1 is 1.26 bits per heavy atom. The van der Waals surface area contributed by atoms with Crippen molar-refractivity contribution in [3.63, 3.8) is 0 Å². The van der Waals surface area contributed by atoms with Crippen LogP contribution < -0.4 is 5.32 Å². The van der Waals surface area contributed by atoms with Crippen molar-refractivity contribution in [1.29, 1.82) is 0 Å². The predicted octanol–water partition coefficient (Wildman–Crippen LogP) is 2.34. The molecule has 0 heterocycles. The molecule has 126 valence electrons. The zero-order valence-corrected chi connectivity index (χ0v) is 14.8. The number of aliphatic carboxylic acids is 1. The molecule has 1 rings (SSSR count).